The lowest BCUT2D eigenvalue weighted by Gasteiger charge is -2.18. The van der Waals surface area contributed by atoms with E-state index >= 15 is 0 Å². The minimum atomic E-state index is -0.931. The van der Waals surface area contributed by atoms with E-state index in [0.717, 1.165) is 10.0 Å². The Labute approximate surface area is 169 Å². The van der Waals surface area contributed by atoms with Crippen molar-refractivity contribution >= 4 is 45.4 Å². The van der Waals surface area contributed by atoms with E-state index in [2.05, 4.69) is 26.0 Å². The lowest BCUT2D eigenvalue weighted by atomic mass is 10.0. The molecular formula is C19H17BrClNO5. The second kappa shape index (κ2) is 9.53. The van der Waals surface area contributed by atoms with Gasteiger partial charge in [-0.05, 0) is 42.0 Å². The molecule has 0 radical (unpaired) electrons. The van der Waals surface area contributed by atoms with Gasteiger partial charge in [-0.1, -0.05) is 33.6 Å². The molecule has 2 rings (SSSR count). The monoisotopic (exact) mass is 453 g/mol. The number of rotatable bonds is 6. The Morgan fingerprint density at radius 2 is 1.78 bits per heavy atom. The molecule has 8 heteroatoms. The number of hydrogen-bond donors (Lipinski definition) is 1. The average Bonchev–Trinajstić information content (AvgIpc) is 2.68. The molecule has 142 valence electrons. The highest BCUT2D eigenvalue weighted by Gasteiger charge is 2.24. The molecule has 0 saturated heterocycles. The van der Waals surface area contributed by atoms with Crippen molar-refractivity contribution in [1.29, 1.82) is 0 Å². The van der Waals surface area contributed by atoms with Crippen molar-refractivity contribution in [2.45, 2.75) is 12.5 Å². The van der Waals surface area contributed by atoms with E-state index in [9.17, 15) is 14.4 Å². The number of amides is 1. The highest BCUT2D eigenvalue weighted by Crippen LogP contribution is 2.23. The Balaban J connectivity index is 2.23. The standard InChI is InChI=1S/C19H17BrClNO5/c1-26-18(24)12-5-3-4-11(8-12)17(23)22-16(19(25)27-2)10-13-9-14(21)6-7-15(13)20/h3-9,16H,10H2,1-2H3,(H,22,23)/t16-/m0/s1. The number of methoxy groups -OCH3 is 2. The summed E-state index contributed by atoms with van der Waals surface area (Å²) >= 11 is 9.41. The minimum Gasteiger partial charge on any atom is -0.467 e. The molecule has 0 fully saturated rings. The molecule has 27 heavy (non-hydrogen) atoms. The van der Waals surface area contributed by atoms with Crippen LogP contribution in [0, 0.1) is 0 Å². The van der Waals surface area contributed by atoms with E-state index in [0.29, 0.717) is 5.02 Å². The van der Waals surface area contributed by atoms with Crippen LogP contribution in [0.3, 0.4) is 0 Å². The predicted octanol–water partition coefficient (Wildman–Crippen LogP) is 3.40. The summed E-state index contributed by atoms with van der Waals surface area (Å²) in [4.78, 5) is 36.3. The van der Waals surface area contributed by atoms with Gasteiger partial charge in [0, 0.05) is 21.5 Å². The molecule has 0 aliphatic carbocycles. The first-order valence-corrected chi connectivity index (χ1v) is 9.03. The van der Waals surface area contributed by atoms with Crippen LogP contribution in [-0.4, -0.2) is 38.1 Å². The number of ether oxygens (including phenoxy) is 2. The van der Waals surface area contributed by atoms with Crippen molar-refractivity contribution in [3.63, 3.8) is 0 Å². The second-order valence-corrected chi connectivity index (χ2v) is 6.85. The van der Waals surface area contributed by atoms with Gasteiger partial charge in [0.25, 0.3) is 5.91 Å². The van der Waals surface area contributed by atoms with Gasteiger partial charge < -0.3 is 14.8 Å². The normalized spacial score (nSPS) is 11.4. The van der Waals surface area contributed by atoms with Crippen molar-refractivity contribution in [3.05, 3.63) is 68.7 Å². The lowest BCUT2D eigenvalue weighted by Crippen LogP contribution is -2.43. The van der Waals surface area contributed by atoms with Crippen LogP contribution in [0.15, 0.2) is 46.9 Å². The highest BCUT2D eigenvalue weighted by atomic mass is 79.9. The summed E-state index contributed by atoms with van der Waals surface area (Å²) in [5, 5.41) is 3.14. The summed E-state index contributed by atoms with van der Waals surface area (Å²) in [7, 11) is 2.50. The fraction of sp³-hybridized carbons (Fsp3) is 0.211. The average molecular weight is 455 g/mol. The molecular weight excluding hydrogens is 438 g/mol. The van der Waals surface area contributed by atoms with Crippen LogP contribution in [0.1, 0.15) is 26.3 Å². The zero-order valence-electron chi connectivity index (χ0n) is 14.6. The smallest absolute Gasteiger partial charge is 0.337 e. The van der Waals surface area contributed by atoms with Gasteiger partial charge in [0.05, 0.1) is 19.8 Å². The third-order valence-corrected chi connectivity index (χ3v) is 4.78. The zero-order valence-corrected chi connectivity index (χ0v) is 17.0. The molecule has 0 unspecified atom stereocenters. The van der Waals surface area contributed by atoms with Crippen LogP contribution in [0.25, 0.3) is 0 Å². The Morgan fingerprint density at radius 1 is 1.07 bits per heavy atom. The van der Waals surface area contributed by atoms with Crippen LogP contribution >= 0.6 is 27.5 Å². The Bertz CT molecular complexity index is 871. The Kier molecular flexibility index (Phi) is 7.38. The van der Waals surface area contributed by atoms with Crippen LogP contribution in [0.2, 0.25) is 5.02 Å². The molecule has 2 aromatic carbocycles. The number of hydrogen-bond acceptors (Lipinski definition) is 5. The molecule has 6 nitrogen and oxygen atoms in total. The summed E-state index contributed by atoms with van der Waals surface area (Å²) in [6.45, 7) is 0. The lowest BCUT2D eigenvalue weighted by molar-refractivity contribution is -0.142. The molecule has 2 aromatic rings. The van der Waals surface area contributed by atoms with E-state index in [1.807, 2.05) is 0 Å². The maximum atomic E-state index is 12.6. The SMILES string of the molecule is COC(=O)c1cccc(C(=O)N[C@@H](Cc2cc(Cl)ccc2Br)C(=O)OC)c1. The number of esters is 2. The molecule has 0 saturated carbocycles. The fourth-order valence-electron chi connectivity index (χ4n) is 2.40. The third kappa shape index (κ3) is 5.55. The van der Waals surface area contributed by atoms with Gasteiger partial charge in [0.2, 0.25) is 0 Å². The van der Waals surface area contributed by atoms with E-state index in [1.54, 1.807) is 24.3 Å². The van der Waals surface area contributed by atoms with Crippen LogP contribution in [0.5, 0.6) is 0 Å². The van der Waals surface area contributed by atoms with Crippen LogP contribution < -0.4 is 5.32 Å². The molecule has 0 aliphatic rings. The number of halogens is 2. The second-order valence-electron chi connectivity index (χ2n) is 5.56. The quantitative estimate of drug-likeness (QED) is 0.677. The van der Waals surface area contributed by atoms with E-state index in [-0.39, 0.29) is 17.5 Å². The Hall–Kier alpha value is -2.38. The van der Waals surface area contributed by atoms with Gasteiger partial charge in [-0.25, -0.2) is 9.59 Å². The van der Waals surface area contributed by atoms with Gasteiger partial charge in [-0.15, -0.1) is 0 Å². The number of nitrogens with one attached hydrogen (secondary N) is 1. The maximum Gasteiger partial charge on any atom is 0.337 e. The highest BCUT2D eigenvalue weighted by molar-refractivity contribution is 9.10. The first-order chi connectivity index (χ1) is 12.8. The van der Waals surface area contributed by atoms with Crippen molar-refractivity contribution in [2.75, 3.05) is 14.2 Å². The molecule has 0 aliphatic heterocycles. The van der Waals surface area contributed by atoms with E-state index in [4.69, 9.17) is 16.3 Å². The number of carbonyl (C=O) groups is 3. The van der Waals surface area contributed by atoms with Crippen molar-refractivity contribution in [2.24, 2.45) is 0 Å². The molecule has 0 spiro atoms. The zero-order chi connectivity index (χ0) is 20.0. The molecule has 1 amide bonds. The Morgan fingerprint density at radius 3 is 2.44 bits per heavy atom. The van der Waals surface area contributed by atoms with Crippen molar-refractivity contribution in [3.8, 4) is 0 Å². The van der Waals surface area contributed by atoms with Crippen molar-refractivity contribution < 1.29 is 23.9 Å². The first kappa shape index (κ1) is 20.9. The predicted molar refractivity (Wildman–Crippen MR) is 104 cm³/mol. The van der Waals surface area contributed by atoms with Gasteiger partial charge in [-0.3, -0.25) is 4.79 Å². The third-order valence-electron chi connectivity index (χ3n) is 3.77. The number of carbonyl (C=O) groups excluding carboxylic acids is 3. The van der Waals surface area contributed by atoms with Gasteiger partial charge >= 0.3 is 11.9 Å². The summed E-state index contributed by atoms with van der Waals surface area (Å²) < 4.78 is 10.2. The fourth-order valence-corrected chi connectivity index (χ4v) is 3.01. The minimum absolute atomic E-state index is 0.177. The van der Waals surface area contributed by atoms with E-state index in [1.165, 1.54) is 32.4 Å². The van der Waals surface area contributed by atoms with E-state index < -0.39 is 23.9 Å². The molecule has 1 atom stereocenters. The van der Waals surface area contributed by atoms with Gasteiger partial charge in [0.15, 0.2) is 0 Å². The first-order valence-electron chi connectivity index (χ1n) is 7.86. The maximum absolute atomic E-state index is 12.6. The summed E-state index contributed by atoms with van der Waals surface area (Å²) in [5.74, 6) is -1.68. The van der Waals surface area contributed by atoms with Crippen LogP contribution in [-0.2, 0) is 20.7 Å². The summed E-state index contributed by atoms with van der Waals surface area (Å²) in [6.07, 6.45) is 0.177. The van der Waals surface area contributed by atoms with Crippen molar-refractivity contribution in [1.82, 2.24) is 5.32 Å². The molecule has 0 bridgehead atoms. The molecule has 0 heterocycles. The molecule has 0 aromatic heterocycles. The van der Waals surface area contributed by atoms with Gasteiger partial charge in [-0.2, -0.15) is 0 Å². The van der Waals surface area contributed by atoms with Gasteiger partial charge in [0.1, 0.15) is 6.04 Å². The summed E-state index contributed by atoms with van der Waals surface area (Å²) in [5.41, 5.74) is 1.19. The topological polar surface area (TPSA) is 81.7 Å². The largest absolute Gasteiger partial charge is 0.467 e. The summed E-state index contributed by atoms with van der Waals surface area (Å²) in [6, 6.07) is 10.2. The molecule has 1 N–H and O–H groups in total. The number of benzene rings is 2. The van der Waals surface area contributed by atoms with Crippen LogP contribution in [0.4, 0.5) is 0 Å².